The second-order valence-corrected chi connectivity index (χ2v) is 8.37. The molecule has 2 aliphatic rings. The van der Waals surface area contributed by atoms with E-state index >= 15 is 0 Å². The van der Waals surface area contributed by atoms with E-state index in [-0.39, 0.29) is 27.4 Å². The van der Waals surface area contributed by atoms with Gasteiger partial charge in [-0.05, 0) is 31.2 Å². The Morgan fingerprint density at radius 3 is 2.48 bits per heavy atom. The maximum Gasteiger partial charge on any atom is 0.415 e. The van der Waals surface area contributed by atoms with Crippen LogP contribution >= 0.6 is 11.8 Å². The van der Waals surface area contributed by atoms with Gasteiger partial charge in [0.15, 0.2) is 11.0 Å². The minimum absolute atomic E-state index is 0.0111. The maximum atomic E-state index is 13.4. The smallest absolute Gasteiger partial charge is 0.350 e. The number of nitrogens with zero attached hydrogens (tertiary/aromatic N) is 2. The number of thioether (sulfide) groups is 1. The van der Waals surface area contributed by atoms with Crippen molar-refractivity contribution in [1.82, 2.24) is 4.90 Å². The molecular weight excluding hydrogens is 433 g/mol. The lowest BCUT2D eigenvalue weighted by molar-refractivity contribution is -0.188. The van der Waals surface area contributed by atoms with Crippen LogP contribution in [0.2, 0.25) is 0 Å². The topological polar surface area (TPSA) is 83.4 Å². The van der Waals surface area contributed by atoms with E-state index in [9.17, 15) is 23.2 Å². The number of likely N-dealkylation sites (tertiary alicyclic amines) is 1. The quantitative estimate of drug-likeness (QED) is 0.178. The van der Waals surface area contributed by atoms with Crippen LogP contribution in [0, 0.1) is 6.92 Å². The standard InChI is InChI=1S/C18H20B2F3N3O4S/c1-9-7-29-17(30-9)3-5-26(6-4-17)16(24-8-27)31-15-10(2)12(19)11(18(21,22)23)13(20)14(15)25-28/h8-9,25,28H,3-7H2,1-2H3. The first-order valence-electron chi connectivity index (χ1n) is 9.48. The Kier molecular flexibility index (Phi) is 6.99. The summed E-state index contributed by atoms with van der Waals surface area (Å²) < 4.78 is 51.9. The van der Waals surface area contributed by atoms with Gasteiger partial charge in [0.2, 0.25) is 6.41 Å². The minimum Gasteiger partial charge on any atom is -0.350 e. The Hall–Kier alpha value is -1.69. The highest BCUT2D eigenvalue weighted by Gasteiger charge is 2.43. The van der Waals surface area contributed by atoms with E-state index in [0.717, 1.165) is 11.8 Å². The molecule has 31 heavy (non-hydrogen) atoms. The van der Waals surface area contributed by atoms with Crippen LogP contribution in [-0.4, -0.2) is 69.0 Å². The first kappa shape index (κ1) is 24.0. The molecule has 2 fully saturated rings. The van der Waals surface area contributed by atoms with Crippen molar-refractivity contribution in [2.24, 2.45) is 4.99 Å². The maximum absolute atomic E-state index is 13.4. The second-order valence-electron chi connectivity index (χ2n) is 7.40. The number of hydrogen-bond donors (Lipinski definition) is 2. The van der Waals surface area contributed by atoms with E-state index in [0.29, 0.717) is 38.9 Å². The molecule has 1 unspecified atom stereocenters. The van der Waals surface area contributed by atoms with Crippen LogP contribution in [0.3, 0.4) is 0 Å². The molecule has 4 radical (unpaired) electrons. The van der Waals surface area contributed by atoms with E-state index < -0.39 is 28.5 Å². The van der Waals surface area contributed by atoms with Crippen LogP contribution in [0.15, 0.2) is 9.89 Å². The SMILES string of the molecule is [B]c1c(C)c(SC(=NC=O)N2CCC3(CC2)OCC(C)O3)c(NO)c([B])c1C(F)(F)F. The summed E-state index contributed by atoms with van der Waals surface area (Å²) in [5.41, 5.74) is -1.11. The van der Waals surface area contributed by atoms with Gasteiger partial charge in [0.05, 0.1) is 18.4 Å². The lowest BCUT2D eigenvalue weighted by Crippen LogP contribution is -2.47. The van der Waals surface area contributed by atoms with E-state index in [1.807, 2.05) is 6.92 Å². The van der Waals surface area contributed by atoms with Crippen molar-refractivity contribution < 1.29 is 32.6 Å². The van der Waals surface area contributed by atoms with Crippen molar-refractivity contribution in [3.05, 3.63) is 11.1 Å². The van der Waals surface area contributed by atoms with Crippen molar-refractivity contribution in [1.29, 1.82) is 0 Å². The Labute approximate surface area is 184 Å². The van der Waals surface area contributed by atoms with Gasteiger partial charge in [-0.3, -0.25) is 15.5 Å². The summed E-state index contributed by atoms with van der Waals surface area (Å²) in [5, 5.41) is 9.75. The fourth-order valence-corrected chi connectivity index (χ4v) is 4.86. The number of aliphatic imine (C=N–C) groups is 1. The van der Waals surface area contributed by atoms with E-state index in [1.165, 1.54) is 6.92 Å². The third-order valence-electron chi connectivity index (χ3n) is 5.32. The van der Waals surface area contributed by atoms with Gasteiger partial charge in [0, 0.05) is 36.4 Å². The van der Waals surface area contributed by atoms with Gasteiger partial charge in [-0.15, -0.1) is 0 Å². The van der Waals surface area contributed by atoms with Crippen molar-refractivity contribution >= 4 is 55.6 Å². The van der Waals surface area contributed by atoms with Crippen molar-refractivity contribution in [3.8, 4) is 0 Å². The van der Waals surface area contributed by atoms with Gasteiger partial charge in [0.1, 0.15) is 15.7 Å². The third kappa shape index (κ3) is 4.74. The molecule has 0 aromatic heterocycles. The molecule has 2 N–H and O–H groups in total. The molecule has 2 heterocycles. The summed E-state index contributed by atoms with van der Waals surface area (Å²) >= 11 is 0.890. The molecule has 7 nitrogen and oxygen atoms in total. The number of halogens is 3. The zero-order valence-corrected chi connectivity index (χ0v) is 17.8. The zero-order chi connectivity index (χ0) is 23.0. The van der Waals surface area contributed by atoms with E-state index in [4.69, 9.17) is 25.2 Å². The first-order chi connectivity index (χ1) is 14.5. The monoisotopic (exact) mass is 453 g/mol. The number of rotatable bonds is 3. The van der Waals surface area contributed by atoms with Crippen LogP contribution in [0.25, 0.3) is 0 Å². The third-order valence-corrected chi connectivity index (χ3v) is 6.58. The van der Waals surface area contributed by atoms with Gasteiger partial charge in [0.25, 0.3) is 0 Å². The van der Waals surface area contributed by atoms with Crippen LogP contribution in [0.1, 0.15) is 30.9 Å². The molecule has 0 bridgehead atoms. The predicted octanol–water partition coefficient (Wildman–Crippen LogP) is 1.23. The summed E-state index contributed by atoms with van der Waals surface area (Å²) in [4.78, 5) is 16.9. The molecule has 2 aliphatic heterocycles. The molecule has 13 heteroatoms. The normalized spacial score (nSPS) is 21.5. The molecular formula is C18H20B2F3N3O4S. The van der Waals surface area contributed by atoms with Gasteiger partial charge in [-0.1, -0.05) is 10.9 Å². The molecule has 3 rings (SSSR count). The number of alkyl halides is 3. The Bertz CT molecular complexity index is 893. The highest BCUT2D eigenvalue weighted by Crippen LogP contribution is 2.38. The zero-order valence-electron chi connectivity index (χ0n) is 17.0. The second kappa shape index (κ2) is 9.05. The summed E-state index contributed by atoms with van der Waals surface area (Å²) in [7, 11) is 11.4. The van der Waals surface area contributed by atoms with Gasteiger partial charge in [-0.25, -0.2) is 0 Å². The molecule has 164 valence electrons. The summed E-state index contributed by atoms with van der Waals surface area (Å²) in [6.07, 6.45) is -3.43. The fourth-order valence-electron chi connectivity index (χ4n) is 3.75. The van der Waals surface area contributed by atoms with E-state index in [1.54, 1.807) is 10.4 Å². The summed E-state index contributed by atoms with van der Waals surface area (Å²) in [5.74, 6) is -0.677. The summed E-state index contributed by atoms with van der Waals surface area (Å²) in [6, 6.07) is 0. The number of carbonyl (C=O) groups is 1. The molecule has 0 aliphatic carbocycles. The number of nitrogens with one attached hydrogen (secondary N) is 1. The Morgan fingerprint density at radius 1 is 1.35 bits per heavy atom. The fraction of sp³-hybridized carbons (Fsp3) is 0.556. The highest BCUT2D eigenvalue weighted by atomic mass is 32.2. The van der Waals surface area contributed by atoms with Crippen LogP contribution in [0.5, 0.6) is 0 Å². The minimum atomic E-state index is -4.81. The number of amides is 1. The van der Waals surface area contributed by atoms with Gasteiger partial charge in [-0.2, -0.15) is 18.2 Å². The lowest BCUT2D eigenvalue weighted by Gasteiger charge is -2.39. The Balaban J connectivity index is 1.91. The molecule has 1 aromatic carbocycles. The van der Waals surface area contributed by atoms with Gasteiger partial charge >= 0.3 is 6.18 Å². The van der Waals surface area contributed by atoms with Crippen LogP contribution in [0.4, 0.5) is 18.9 Å². The number of benzene rings is 1. The van der Waals surface area contributed by atoms with E-state index in [2.05, 4.69) is 4.99 Å². The lowest BCUT2D eigenvalue weighted by atomic mass is 9.77. The largest absolute Gasteiger partial charge is 0.415 e. The number of carbonyl (C=O) groups excluding carboxylic acids is 1. The molecule has 2 saturated heterocycles. The number of piperidine rings is 1. The predicted molar refractivity (Wildman–Crippen MR) is 112 cm³/mol. The molecule has 0 saturated carbocycles. The van der Waals surface area contributed by atoms with Crippen molar-refractivity contribution in [3.63, 3.8) is 0 Å². The molecule has 1 aromatic rings. The molecule has 1 atom stereocenters. The van der Waals surface area contributed by atoms with Crippen LogP contribution < -0.4 is 16.4 Å². The number of amidine groups is 1. The molecule has 1 spiro atoms. The first-order valence-corrected chi connectivity index (χ1v) is 10.3. The highest BCUT2D eigenvalue weighted by molar-refractivity contribution is 8.14. The van der Waals surface area contributed by atoms with Crippen molar-refractivity contribution in [2.75, 3.05) is 25.2 Å². The molecule has 1 amide bonds. The van der Waals surface area contributed by atoms with Crippen molar-refractivity contribution in [2.45, 2.75) is 49.7 Å². The number of anilines is 1. The van der Waals surface area contributed by atoms with Gasteiger partial charge < -0.3 is 14.4 Å². The summed E-state index contributed by atoms with van der Waals surface area (Å²) in [6.45, 7) is 4.68. The average Bonchev–Trinajstić information content (AvgIpc) is 3.05. The average molecular weight is 453 g/mol. The van der Waals surface area contributed by atoms with Crippen LogP contribution in [-0.2, 0) is 20.4 Å². The number of ether oxygens (including phenoxy) is 2. The Morgan fingerprint density at radius 2 is 2.00 bits per heavy atom. The number of hydrogen-bond acceptors (Lipinski definition) is 6.